The van der Waals surface area contributed by atoms with Gasteiger partial charge in [-0.3, -0.25) is 0 Å². The summed E-state index contributed by atoms with van der Waals surface area (Å²) in [5.41, 5.74) is 12.0. The van der Waals surface area contributed by atoms with E-state index in [1.165, 1.54) is 128 Å². The minimum absolute atomic E-state index is 0.0659. The topological polar surface area (TPSA) is 25.8 Å². The molecule has 5 aromatic carbocycles. The van der Waals surface area contributed by atoms with Gasteiger partial charge in [0.05, 0.1) is 22.5 Å². The first kappa shape index (κ1) is 44.9. The summed E-state index contributed by atoms with van der Waals surface area (Å²) in [5.74, 6) is -1.80. The van der Waals surface area contributed by atoms with Crippen molar-refractivity contribution in [3.63, 3.8) is 0 Å². The number of halogens is 2. The molecule has 2 nitrogen and oxygen atoms in total. The Bertz CT molecular complexity index is 2890. The molecule has 0 amide bonds. The summed E-state index contributed by atoms with van der Waals surface area (Å²) >= 11 is 2.94. The maximum atomic E-state index is 17.2. The number of thiophene rings is 2. The second kappa shape index (κ2) is 20.1. The second-order valence-corrected chi connectivity index (χ2v) is 20.6. The van der Waals surface area contributed by atoms with Crippen molar-refractivity contribution in [3.8, 4) is 65.0 Å². The van der Waals surface area contributed by atoms with Gasteiger partial charge in [-0.1, -0.05) is 187 Å². The fourth-order valence-corrected chi connectivity index (χ4v) is 12.2. The Kier molecular flexibility index (Phi) is 13.9. The first-order valence-corrected chi connectivity index (χ1v) is 25.7. The van der Waals surface area contributed by atoms with Crippen LogP contribution in [0.3, 0.4) is 0 Å². The largest absolute Gasteiger partial charge is 0.243 e. The third-order valence-corrected chi connectivity index (χ3v) is 15.8. The van der Waals surface area contributed by atoms with Crippen LogP contribution in [0.2, 0.25) is 0 Å². The number of fused-ring (bicyclic) bond motifs is 4. The molecule has 0 atom stereocenters. The monoisotopic (exact) mass is 898 g/mol. The molecule has 1 aliphatic carbocycles. The van der Waals surface area contributed by atoms with E-state index in [0.717, 1.165) is 39.3 Å². The lowest BCUT2D eigenvalue weighted by Crippen LogP contribution is -2.25. The number of unbranched alkanes of at least 4 members (excludes halogenated alkanes) is 10. The van der Waals surface area contributed by atoms with Crippen molar-refractivity contribution in [1.82, 2.24) is 9.97 Å². The van der Waals surface area contributed by atoms with Crippen LogP contribution in [0.25, 0.3) is 76.0 Å². The number of rotatable bonds is 19. The number of aryl methyl sites for hydroxylation is 2. The summed E-state index contributed by atoms with van der Waals surface area (Å²) in [6.07, 6.45) is 17.5. The van der Waals surface area contributed by atoms with Crippen LogP contribution < -0.4 is 0 Å². The molecular formula is C59H60F2N2S2. The molecular weight excluding hydrogens is 839 g/mol. The molecule has 8 aromatic rings. The summed E-state index contributed by atoms with van der Waals surface area (Å²) in [7, 11) is 0. The maximum Gasteiger partial charge on any atom is 0.170 e. The van der Waals surface area contributed by atoms with E-state index in [1.54, 1.807) is 0 Å². The normalized spacial score (nSPS) is 12.8. The van der Waals surface area contributed by atoms with Gasteiger partial charge in [0.1, 0.15) is 11.0 Å². The van der Waals surface area contributed by atoms with Gasteiger partial charge in [0.25, 0.3) is 0 Å². The minimum atomic E-state index is -0.899. The van der Waals surface area contributed by atoms with Gasteiger partial charge in [-0.05, 0) is 84.8 Å². The maximum absolute atomic E-state index is 17.2. The average Bonchev–Trinajstić information content (AvgIpc) is 4.06. The van der Waals surface area contributed by atoms with Gasteiger partial charge in [-0.2, -0.15) is 0 Å². The molecule has 0 aliphatic heterocycles. The molecule has 0 saturated carbocycles. The molecule has 0 unspecified atom stereocenters. The van der Waals surface area contributed by atoms with Gasteiger partial charge in [0.2, 0.25) is 0 Å². The van der Waals surface area contributed by atoms with Crippen LogP contribution >= 0.6 is 22.7 Å². The molecule has 0 saturated heterocycles. The fraction of sp³-hybridized carbons (Fsp3) is 0.322. The Hall–Kier alpha value is -5.30. The van der Waals surface area contributed by atoms with Crippen molar-refractivity contribution in [2.24, 2.45) is 0 Å². The van der Waals surface area contributed by atoms with E-state index < -0.39 is 11.6 Å². The Balaban J connectivity index is 1.18. The third-order valence-electron chi connectivity index (χ3n) is 13.6. The Morgan fingerprint density at radius 1 is 0.462 bits per heavy atom. The van der Waals surface area contributed by atoms with Crippen molar-refractivity contribution in [3.05, 3.63) is 155 Å². The van der Waals surface area contributed by atoms with E-state index in [9.17, 15) is 0 Å². The van der Waals surface area contributed by atoms with Crippen LogP contribution in [0, 0.1) is 25.5 Å². The van der Waals surface area contributed by atoms with Crippen LogP contribution in [-0.4, -0.2) is 9.97 Å². The lowest BCUT2D eigenvalue weighted by Gasteiger charge is -2.33. The lowest BCUT2D eigenvalue weighted by atomic mass is 9.70. The van der Waals surface area contributed by atoms with Crippen LogP contribution in [-0.2, 0) is 5.41 Å². The fourth-order valence-electron chi connectivity index (χ4n) is 10.3. The zero-order valence-electron chi connectivity index (χ0n) is 38.4. The molecule has 0 fully saturated rings. The van der Waals surface area contributed by atoms with Crippen LogP contribution in [0.5, 0.6) is 0 Å². The van der Waals surface area contributed by atoms with Gasteiger partial charge in [-0.15, -0.1) is 22.7 Å². The lowest BCUT2D eigenvalue weighted by molar-refractivity contribution is 0.398. The molecule has 0 bridgehead atoms. The number of benzene rings is 5. The van der Waals surface area contributed by atoms with E-state index in [0.29, 0.717) is 32.2 Å². The minimum Gasteiger partial charge on any atom is -0.243 e. The van der Waals surface area contributed by atoms with E-state index in [1.807, 2.05) is 85.8 Å². The molecule has 9 rings (SSSR count). The third kappa shape index (κ3) is 9.01. The molecule has 6 heteroatoms. The number of aromatic nitrogens is 2. The SMILES string of the molecule is CCCCCCCCC1(CCCCCCCC)c2cc(C)ccc2-c2ccc(-c3ccc(-c4c(F)c(F)c(-c5ccc(C)s5)c5nc(-c6ccccc6)c(-c6ccccc6)nc45)s3)cc21. The van der Waals surface area contributed by atoms with E-state index in [2.05, 4.69) is 63.2 Å². The first-order valence-electron chi connectivity index (χ1n) is 24.1. The number of hydrogen-bond donors (Lipinski definition) is 0. The highest BCUT2D eigenvalue weighted by molar-refractivity contribution is 7.19. The van der Waals surface area contributed by atoms with Gasteiger partial charge in [0, 0.05) is 36.1 Å². The zero-order valence-corrected chi connectivity index (χ0v) is 40.0. The molecule has 1 aliphatic rings. The summed E-state index contributed by atoms with van der Waals surface area (Å²) in [6.45, 7) is 8.79. The van der Waals surface area contributed by atoms with Gasteiger partial charge >= 0.3 is 0 Å². The first-order chi connectivity index (χ1) is 31.8. The molecule has 332 valence electrons. The average molecular weight is 899 g/mol. The zero-order chi connectivity index (χ0) is 44.9. The highest BCUT2D eigenvalue weighted by atomic mass is 32.1. The summed E-state index contributed by atoms with van der Waals surface area (Å²) in [4.78, 5) is 13.9. The predicted molar refractivity (Wildman–Crippen MR) is 274 cm³/mol. The summed E-state index contributed by atoms with van der Waals surface area (Å²) in [5, 5.41) is 0. The molecule has 0 radical (unpaired) electrons. The number of nitrogens with zero attached hydrogens (tertiary/aromatic N) is 2. The summed E-state index contributed by atoms with van der Waals surface area (Å²) in [6, 6.07) is 41.8. The molecule has 3 heterocycles. The summed E-state index contributed by atoms with van der Waals surface area (Å²) < 4.78 is 34.2. The number of hydrogen-bond acceptors (Lipinski definition) is 4. The van der Waals surface area contributed by atoms with Crippen molar-refractivity contribution in [2.45, 2.75) is 123 Å². The standard InChI is InChI=1S/C59H60F2N2S2/c1-5-7-9-11-13-21-35-59(36-22-14-12-10-8-6-2)46-37-39(3)27-30-44(46)45-31-29-43(38-47(45)59)48-33-34-50(65-48)52-54(61)53(60)51(49-32-28-40(4)64-49)57-58(52)63-56(42-25-19-16-20-26-42)55(62-57)41-23-17-15-18-24-41/h15-20,23-34,37-38H,5-14,21-22,35-36H2,1-4H3. The highest BCUT2D eigenvalue weighted by Crippen LogP contribution is 2.56. The quantitative estimate of drug-likeness (QED) is 0.0756. The van der Waals surface area contributed by atoms with Crippen molar-refractivity contribution in [1.29, 1.82) is 0 Å². The van der Waals surface area contributed by atoms with Crippen LogP contribution in [0.1, 0.15) is 125 Å². The molecule has 0 spiro atoms. The van der Waals surface area contributed by atoms with E-state index in [-0.39, 0.29) is 16.5 Å². The van der Waals surface area contributed by atoms with E-state index in [4.69, 9.17) is 9.97 Å². The van der Waals surface area contributed by atoms with Crippen molar-refractivity contribution in [2.75, 3.05) is 0 Å². The Labute approximate surface area is 392 Å². The Morgan fingerprint density at radius 3 is 1.48 bits per heavy atom. The van der Waals surface area contributed by atoms with Gasteiger partial charge < -0.3 is 0 Å². The van der Waals surface area contributed by atoms with E-state index >= 15 is 8.78 Å². The van der Waals surface area contributed by atoms with Gasteiger partial charge in [-0.25, -0.2) is 18.7 Å². The van der Waals surface area contributed by atoms with Crippen LogP contribution in [0.4, 0.5) is 8.78 Å². The molecule has 0 N–H and O–H groups in total. The molecule has 65 heavy (non-hydrogen) atoms. The van der Waals surface area contributed by atoms with Crippen molar-refractivity contribution < 1.29 is 8.78 Å². The molecule has 3 aromatic heterocycles. The van der Waals surface area contributed by atoms with Crippen LogP contribution in [0.15, 0.2) is 121 Å². The predicted octanol–water partition coefficient (Wildman–Crippen LogP) is 18.8. The Morgan fingerprint density at radius 2 is 0.938 bits per heavy atom. The highest BCUT2D eigenvalue weighted by Gasteiger charge is 2.42. The second-order valence-electron chi connectivity index (χ2n) is 18.2. The van der Waals surface area contributed by atoms with Crippen molar-refractivity contribution >= 4 is 33.7 Å². The van der Waals surface area contributed by atoms with Gasteiger partial charge in [0.15, 0.2) is 11.6 Å². The smallest absolute Gasteiger partial charge is 0.170 e.